The molecule has 2 aromatic carbocycles. The zero-order chi connectivity index (χ0) is 35.5. The van der Waals surface area contributed by atoms with Crippen molar-refractivity contribution >= 4 is 30.6 Å². The minimum atomic E-state index is -2.86. The minimum Gasteiger partial charge on any atom is -0.462 e. The number of piperazine rings is 1. The number of benzene rings is 2. The number of nitrogens with one attached hydrogen (secondary N) is 1. The lowest BCUT2D eigenvalue weighted by Gasteiger charge is -2.47. The van der Waals surface area contributed by atoms with Crippen molar-refractivity contribution in [2.75, 3.05) is 57.9 Å². The van der Waals surface area contributed by atoms with E-state index in [1.165, 1.54) is 16.8 Å². The van der Waals surface area contributed by atoms with Crippen LogP contribution in [0.4, 0.5) is 10.6 Å². The first-order valence-electron chi connectivity index (χ1n) is 18.3. The van der Waals surface area contributed by atoms with E-state index in [1.807, 2.05) is 25.7 Å². The molecule has 0 aliphatic carbocycles. The van der Waals surface area contributed by atoms with Crippen molar-refractivity contribution in [2.24, 2.45) is 0 Å². The van der Waals surface area contributed by atoms with Gasteiger partial charge in [-0.1, -0.05) is 81.4 Å². The maximum Gasteiger partial charge on any atom is 0.410 e. The standard InChI is InChI=1S/C39H56N6O4Si/c1-38(2,3)49-37(46)44-23-24-45(35-33-20-21-40-25-34(33)41-36(42-35)47-27-29-15-14-22-43(29)7)30(26-44)28-48-50(39(4,5)6,31-16-10-8-11-17-31)32-18-12-9-13-19-32/h8-13,16-19,29-30,40H,14-15,20-28H2,1-7H3/t29-,30?/m0/s1. The number of aromatic nitrogens is 2. The van der Waals surface area contributed by atoms with Gasteiger partial charge in [0.1, 0.15) is 18.0 Å². The fraction of sp³-hybridized carbons (Fsp3) is 0.564. The summed E-state index contributed by atoms with van der Waals surface area (Å²) in [6, 6.07) is 22.0. The van der Waals surface area contributed by atoms with E-state index in [9.17, 15) is 4.79 Å². The summed E-state index contributed by atoms with van der Waals surface area (Å²) in [5, 5.41) is 5.76. The van der Waals surface area contributed by atoms with E-state index in [0.29, 0.717) is 51.4 Å². The molecule has 0 saturated carbocycles. The number of ether oxygens (including phenoxy) is 2. The fourth-order valence-corrected chi connectivity index (χ4v) is 12.3. The monoisotopic (exact) mass is 700 g/mol. The van der Waals surface area contributed by atoms with Crippen LogP contribution in [0, 0.1) is 0 Å². The molecule has 0 radical (unpaired) electrons. The molecule has 270 valence electrons. The zero-order valence-electron chi connectivity index (χ0n) is 31.1. The van der Waals surface area contributed by atoms with Gasteiger partial charge in [0.2, 0.25) is 0 Å². The number of rotatable bonds is 9. The van der Waals surface area contributed by atoms with Crippen molar-refractivity contribution in [3.8, 4) is 6.01 Å². The molecule has 50 heavy (non-hydrogen) atoms. The molecule has 1 unspecified atom stereocenters. The number of anilines is 1. The largest absolute Gasteiger partial charge is 0.462 e. The Morgan fingerprint density at radius 1 is 0.900 bits per heavy atom. The third-order valence-corrected chi connectivity index (χ3v) is 15.3. The quantitative estimate of drug-likeness (QED) is 0.322. The molecule has 0 bridgehead atoms. The SMILES string of the molecule is CN1CCC[C@H]1COc1nc2c(c(N3CCN(C(=O)OC(C)(C)C)CC3CO[Si](c3ccccc3)(c3ccccc3)C(C)(C)C)n1)CCNC2. The van der Waals surface area contributed by atoms with E-state index in [4.69, 9.17) is 23.9 Å². The number of likely N-dealkylation sites (tertiary alicyclic amines) is 1. The van der Waals surface area contributed by atoms with Gasteiger partial charge in [0.25, 0.3) is 8.32 Å². The molecule has 2 atom stereocenters. The Hall–Kier alpha value is -3.51. The van der Waals surface area contributed by atoms with E-state index in [1.54, 1.807) is 0 Å². The predicted molar refractivity (Wildman–Crippen MR) is 201 cm³/mol. The average Bonchev–Trinajstić information content (AvgIpc) is 3.51. The van der Waals surface area contributed by atoms with Gasteiger partial charge in [-0.2, -0.15) is 9.97 Å². The molecule has 10 nitrogen and oxygen atoms in total. The van der Waals surface area contributed by atoms with Crippen LogP contribution in [0.25, 0.3) is 0 Å². The summed E-state index contributed by atoms with van der Waals surface area (Å²) in [6.07, 6.45) is 2.82. The molecular formula is C39H56N6O4Si. The van der Waals surface area contributed by atoms with Crippen molar-refractivity contribution in [2.45, 2.75) is 90.1 Å². The molecule has 11 heteroatoms. The number of nitrogens with zero attached hydrogens (tertiary/aromatic N) is 5. The van der Waals surface area contributed by atoms with E-state index < -0.39 is 13.9 Å². The number of fused-ring (bicyclic) bond motifs is 1. The fourth-order valence-electron chi connectivity index (χ4n) is 7.73. The Labute approximate surface area is 299 Å². The van der Waals surface area contributed by atoms with Crippen LogP contribution in [0.3, 0.4) is 0 Å². The lowest BCUT2D eigenvalue weighted by atomic mass is 10.0. The number of amides is 1. The summed E-state index contributed by atoms with van der Waals surface area (Å²) in [6.45, 7) is 17.8. The van der Waals surface area contributed by atoms with Gasteiger partial charge in [0.05, 0.1) is 18.3 Å². The molecule has 4 heterocycles. The number of likely N-dealkylation sites (N-methyl/N-ethyl adjacent to an activating group) is 1. The molecular weight excluding hydrogens is 645 g/mol. The van der Waals surface area contributed by atoms with Crippen LogP contribution >= 0.6 is 0 Å². The lowest BCUT2D eigenvalue weighted by Crippen LogP contribution is -2.68. The van der Waals surface area contributed by atoms with Gasteiger partial charge in [0.15, 0.2) is 0 Å². The summed E-state index contributed by atoms with van der Waals surface area (Å²) < 4.78 is 19.8. The molecule has 3 aliphatic heterocycles. The Kier molecular flexibility index (Phi) is 10.9. The number of hydrogen-bond donors (Lipinski definition) is 1. The summed E-state index contributed by atoms with van der Waals surface area (Å²) in [5.74, 6) is 0.895. The maximum absolute atomic E-state index is 13.5. The smallest absolute Gasteiger partial charge is 0.410 e. The molecule has 1 N–H and O–H groups in total. The Morgan fingerprint density at radius 2 is 1.58 bits per heavy atom. The Balaban J connectivity index is 1.38. The molecule has 3 aromatic rings. The van der Waals surface area contributed by atoms with Crippen LogP contribution < -0.4 is 25.3 Å². The third kappa shape index (κ3) is 7.86. The Bertz CT molecular complexity index is 1560. The zero-order valence-corrected chi connectivity index (χ0v) is 32.1. The molecule has 3 aliphatic rings. The van der Waals surface area contributed by atoms with Gasteiger partial charge < -0.3 is 33.9 Å². The van der Waals surface area contributed by atoms with Gasteiger partial charge in [-0.25, -0.2) is 4.79 Å². The van der Waals surface area contributed by atoms with Crippen molar-refractivity contribution in [1.29, 1.82) is 0 Å². The first-order valence-corrected chi connectivity index (χ1v) is 20.2. The summed E-state index contributed by atoms with van der Waals surface area (Å²) in [5.41, 5.74) is 1.54. The Morgan fingerprint density at radius 3 is 2.18 bits per heavy atom. The first kappa shape index (κ1) is 36.3. The van der Waals surface area contributed by atoms with E-state index in [0.717, 1.165) is 43.0 Å². The molecule has 2 saturated heterocycles. The second kappa shape index (κ2) is 15.0. The van der Waals surface area contributed by atoms with Gasteiger partial charge in [-0.15, -0.1) is 0 Å². The molecule has 1 aromatic heterocycles. The van der Waals surface area contributed by atoms with E-state index >= 15 is 0 Å². The van der Waals surface area contributed by atoms with Crippen molar-refractivity contribution in [3.05, 3.63) is 71.9 Å². The number of carbonyl (C=O) groups excluding carboxylic acids is 1. The summed E-state index contributed by atoms with van der Waals surface area (Å²) >= 11 is 0. The van der Waals surface area contributed by atoms with E-state index in [-0.39, 0.29) is 17.2 Å². The van der Waals surface area contributed by atoms with Gasteiger partial charge >= 0.3 is 12.1 Å². The molecule has 0 spiro atoms. The molecule has 6 rings (SSSR count). The van der Waals surface area contributed by atoms with Crippen LogP contribution in [0.2, 0.25) is 5.04 Å². The summed E-state index contributed by atoms with van der Waals surface area (Å²) in [4.78, 5) is 30.1. The second-order valence-corrected chi connectivity index (χ2v) is 20.3. The lowest BCUT2D eigenvalue weighted by molar-refractivity contribution is 0.0199. The van der Waals surface area contributed by atoms with Gasteiger partial charge in [0, 0.05) is 37.8 Å². The second-order valence-electron chi connectivity index (χ2n) is 16.0. The van der Waals surface area contributed by atoms with Gasteiger partial charge in [-0.05, 0) is 75.6 Å². The highest BCUT2D eigenvalue weighted by atomic mass is 28.4. The normalized spacial score (nSPS) is 20.5. The highest BCUT2D eigenvalue weighted by Gasteiger charge is 2.51. The van der Waals surface area contributed by atoms with Crippen molar-refractivity contribution in [3.63, 3.8) is 0 Å². The van der Waals surface area contributed by atoms with Crippen molar-refractivity contribution < 1.29 is 18.7 Å². The third-order valence-electron chi connectivity index (χ3n) is 10.3. The highest BCUT2D eigenvalue weighted by molar-refractivity contribution is 6.99. The van der Waals surface area contributed by atoms with Crippen molar-refractivity contribution in [1.82, 2.24) is 25.1 Å². The van der Waals surface area contributed by atoms with E-state index in [2.05, 4.69) is 104 Å². The van der Waals surface area contributed by atoms with Crippen LogP contribution in [-0.2, 0) is 22.1 Å². The highest BCUT2D eigenvalue weighted by Crippen LogP contribution is 2.38. The first-order chi connectivity index (χ1) is 23.9. The topological polar surface area (TPSA) is 92.3 Å². The minimum absolute atomic E-state index is 0.180. The summed E-state index contributed by atoms with van der Waals surface area (Å²) in [7, 11) is -0.701. The predicted octanol–water partition coefficient (Wildman–Crippen LogP) is 4.60. The van der Waals surface area contributed by atoms with Gasteiger partial charge in [-0.3, -0.25) is 0 Å². The average molecular weight is 701 g/mol. The molecule has 1 amide bonds. The number of hydrogen-bond acceptors (Lipinski definition) is 9. The van der Waals surface area contributed by atoms with Crippen LogP contribution in [-0.4, -0.2) is 105 Å². The number of carbonyl (C=O) groups is 1. The molecule has 2 fully saturated rings. The maximum atomic E-state index is 13.5. The van der Waals surface area contributed by atoms with Crippen LogP contribution in [0.5, 0.6) is 6.01 Å². The van der Waals surface area contributed by atoms with Crippen LogP contribution in [0.15, 0.2) is 60.7 Å². The van der Waals surface area contributed by atoms with Crippen LogP contribution in [0.1, 0.15) is 65.6 Å².